The first-order valence-corrected chi connectivity index (χ1v) is 7.80. The molecule has 1 aliphatic heterocycles. The summed E-state index contributed by atoms with van der Waals surface area (Å²) >= 11 is 3.53. The molecule has 0 spiro atoms. The Bertz CT molecular complexity index is 476. The normalized spacial score (nSPS) is 12.9. The van der Waals surface area contributed by atoms with Crippen molar-refractivity contribution in [3.8, 4) is 5.75 Å². The number of nitrogens with one attached hydrogen (secondary N) is 1. The van der Waals surface area contributed by atoms with Crippen molar-refractivity contribution in [2.45, 2.75) is 32.7 Å². The highest BCUT2D eigenvalue weighted by Crippen LogP contribution is 2.32. The van der Waals surface area contributed by atoms with E-state index in [1.54, 1.807) is 0 Å². The molecule has 1 aromatic rings. The van der Waals surface area contributed by atoms with Gasteiger partial charge in [0.2, 0.25) is 0 Å². The first-order chi connectivity index (χ1) is 9.70. The standard InChI is InChI=1S/C15H20BrNO3/c1-2-19-14(18)4-3-6-17-10-12-9-13(16)8-11-5-7-20-15(11)12/h8-9,17H,2-7,10H2,1H3. The second kappa shape index (κ2) is 7.64. The third kappa shape index (κ3) is 4.21. The molecule has 0 amide bonds. The van der Waals surface area contributed by atoms with E-state index in [2.05, 4.69) is 33.4 Å². The number of rotatable bonds is 7. The third-order valence-corrected chi connectivity index (χ3v) is 3.64. The van der Waals surface area contributed by atoms with E-state index >= 15 is 0 Å². The zero-order valence-electron chi connectivity index (χ0n) is 11.7. The minimum absolute atomic E-state index is 0.124. The van der Waals surface area contributed by atoms with Crippen LogP contribution in [0.4, 0.5) is 0 Å². The van der Waals surface area contributed by atoms with Gasteiger partial charge >= 0.3 is 5.97 Å². The summed E-state index contributed by atoms with van der Waals surface area (Å²) in [6.45, 7) is 4.59. The van der Waals surface area contributed by atoms with Crippen molar-refractivity contribution in [3.05, 3.63) is 27.7 Å². The number of carbonyl (C=O) groups excluding carboxylic acids is 1. The summed E-state index contributed by atoms with van der Waals surface area (Å²) in [4.78, 5) is 11.2. The first-order valence-electron chi connectivity index (χ1n) is 7.01. The second-order valence-corrected chi connectivity index (χ2v) is 5.65. The molecule has 1 aromatic carbocycles. The van der Waals surface area contributed by atoms with Crippen LogP contribution in [0, 0.1) is 0 Å². The summed E-state index contributed by atoms with van der Waals surface area (Å²) in [6.07, 6.45) is 2.23. The Balaban J connectivity index is 1.76. The van der Waals surface area contributed by atoms with Crippen LogP contribution in [0.1, 0.15) is 30.9 Å². The molecule has 1 heterocycles. The highest BCUT2D eigenvalue weighted by molar-refractivity contribution is 9.10. The van der Waals surface area contributed by atoms with Crippen LogP contribution in [0.3, 0.4) is 0 Å². The maximum atomic E-state index is 11.2. The molecule has 1 N–H and O–H groups in total. The van der Waals surface area contributed by atoms with Crippen molar-refractivity contribution >= 4 is 21.9 Å². The molecule has 20 heavy (non-hydrogen) atoms. The number of fused-ring (bicyclic) bond motifs is 1. The van der Waals surface area contributed by atoms with Crippen LogP contribution in [0.15, 0.2) is 16.6 Å². The number of esters is 1. The molecular weight excluding hydrogens is 322 g/mol. The van der Waals surface area contributed by atoms with Crippen LogP contribution in [0.25, 0.3) is 0 Å². The van der Waals surface area contributed by atoms with E-state index in [9.17, 15) is 4.79 Å². The summed E-state index contributed by atoms with van der Waals surface area (Å²) in [5.74, 6) is 0.895. The fraction of sp³-hybridized carbons (Fsp3) is 0.533. The average Bonchev–Trinajstić information content (AvgIpc) is 2.86. The van der Waals surface area contributed by atoms with Crippen molar-refractivity contribution < 1.29 is 14.3 Å². The Morgan fingerprint density at radius 1 is 1.50 bits per heavy atom. The van der Waals surface area contributed by atoms with E-state index < -0.39 is 0 Å². The third-order valence-electron chi connectivity index (χ3n) is 3.18. The SMILES string of the molecule is CCOC(=O)CCCNCc1cc(Br)cc2c1OCC2. The lowest BCUT2D eigenvalue weighted by Crippen LogP contribution is -2.17. The molecule has 0 radical (unpaired) electrons. The topological polar surface area (TPSA) is 47.6 Å². The molecule has 0 fully saturated rings. The minimum Gasteiger partial charge on any atom is -0.493 e. The van der Waals surface area contributed by atoms with Gasteiger partial charge < -0.3 is 14.8 Å². The Morgan fingerprint density at radius 3 is 3.15 bits per heavy atom. The van der Waals surface area contributed by atoms with Crippen LogP contribution < -0.4 is 10.1 Å². The number of carbonyl (C=O) groups is 1. The maximum absolute atomic E-state index is 11.2. The quantitative estimate of drug-likeness (QED) is 0.612. The fourth-order valence-corrected chi connectivity index (χ4v) is 2.84. The molecule has 0 aliphatic carbocycles. The van der Waals surface area contributed by atoms with Crippen LogP contribution in [-0.4, -0.2) is 25.7 Å². The number of ether oxygens (including phenoxy) is 2. The van der Waals surface area contributed by atoms with Crippen LogP contribution in [0.2, 0.25) is 0 Å². The van der Waals surface area contributed by atoms with Gasteiger partial charge in [-0.05, 0) is 37.6 Å². The summed E-state index contributed by atoms with van der Waals surface area (Å²) < 4.78 is 11.7. The van der Waals surface area contributed by atoms with Gasteiger partial charge in [-0.3, -0.25) is 4.79 Å². The lowest BCUT2D eigenvalue weighted by molar-refractivity contribution is -0.143. The zero-order chi connectivity index (χ0) is 14.4. The molecule has 2 rings (SSSR count). The molecular formula is C15H20BrNO3. The van der Waals surface area contributed by atoms with Gasteiger partial charge in [0.25, 0.3) is 0 Å². The summed E-state index contributed by atoms with van der Waals surface area (Å²) in [6, 6.07) is 4.20. The Labute approximate surface area is 128 Å². The first kappa shape index (κ1) is 15.3. The van der Waals surface area contributed by atoms with E-state index in [0.29, 0.717) is 13.0 Å². The number of benzene rings is 1. The minimum atomic E-state index is -0.124. The summed E-state index contributed by atoms with van der Waals surface area (Å²) in [5, 5.41) is 3.35. The predicted molar refractivity (Wildman–Crippen MR) is 80.9 cm³/mol. The monoisotopic (exact) mass is 341 g/mol. The molecule has 1 aliphatic rings. The molecule has 0 saturated heterocycles. The van der Waals surface area contributed by atoms with E-state index in [-0.39, 0.29) is 5.97 Å². The van der Waals surface area contributed by atoms with Crippen molar-refractivity contribution in [1.82, 2.24) is 5.32 Å². The molecule has 0 saturated carbocycles. The number of hydrogen-bond acceptors (Lipinski definition) is 4. The van der Waals surface area contributed by atoms with Crippen molar-refractivity contribution in [1.29, 1.82) is 0 Å². The Hall–Kier alpha value is -1.07. The van der Waals surface area contributed by atoms with Crippen LogP contribution >= 0.6 is 15.9 Å². The Morgan fingerprint density at radius 2 is 2.35 bits per heavy atom. The number of hydrogen-bond donors (Lipinski definition) is 1. The average molecular weight is 342 g/mol. The predicted octanol–water partition coefficient (Wildman–Crippen LogP) is 2.82. The van der Waals surface area contributed by atoms with Gasteiger partial charge in [-0.2, -0.15) is 0 Å². The fourth-order valence-electron chi connectivity index (χ4n) is 2.29. The number of halogens is 1. The van der Waals surface area contributed by atoms with Crippen LogP contribution in [-0.2, 0) is 22.5 Å². The molecule has 0 bridgehead atoms. The van der Waals surface area contributed by atoms with Crippen molar-refractivity contribution in [2.75, 3.05) is 19.8 Å². The van der Waals surface area contributed by atoms with Gasteiger partial charge in [0.1, 0.15) is 5.75 Å². The van der Waals surface area contributed by atoms with Crippen LogP contribution in [0.5, 0.6) is 5.75 Å². The van der Waals surface area contributed by atoms with Gasteiger partial charge in [0.05, 0.1) is 13.2 Å². The van der Waals surface area contributed by atoms with Gasteiger partial charge in [-0.15, -0.1) is 0 Å². The van der Waals surface area contributed by atoms with E-state index in [4.69, 9.17) is 9.47 Å². The smallest absolute Gasteiger partial charge is 0.305 e. The summed E-state index contributed by atoms with van der Waals surface area (Å²) in [7, 11) is 0. The highest BCUT2D eigenvalue weighted by atomic mass is 79.9. The van der Waals surface area contributed by atoms with Gasteiger partial charge in [0, 0.05) is 29.4 Å². The van der Waals surface area contributed by atoms with Gasteiger partial charge in [-0.25, -0.2) is 0 Å². The van der Waals surface area contributed by atoms with Gasteiger partial charge in [-0.1, -0.05) is 15.9 Å². The molecule has 0 atom stereocenters. The molecule has 5 heteroatoms. The highest BCUT2D eigenvalue weighted by Gasteiger charge is 2.16. The Kier molecular flexibility index (Phi) is 5.86. The zero-order valence-corrected chi connectivity index (χ0v) is 13.3. The second-order valence-electron chi connectivity index (χ2n) is 4.74. The van der Waals surface area contributed by atoms with Crippen molar-refractivity contribution in [2.24, 2.45) is 0 Å². The molecule has 4 nitrogen and oxygen atoms in total. The van der Waals surface area contributed by atoms with E-state index in [1.807, 2.05) is 6.92 Å². The molecule has 110 valence electrons. The van der Waals surface area contributed by atoms with E-state index in [1.165, 1.54) is 11.1 Å². The van der Waals surface area contributed by atoms with Gasteiger partial charge in [0.15, 0.2) is 0 Å². The lowest BCUT2D eigenvalue weighted by atomic mass is 10.1. The van der Waals surface area contributed by atoms with E-state index in [0.717, 1.165) is 42.8 Å². The molecule has 0 aromatic heterocycles. The maximum Gasteiger partial charge on any atom is 0.305 e. The summed E-state index contributed by atoms with van der Waals surface area (Å²) in [5.41, 5.74) is 2.44. The largest absolute Gasteiger partial charge is 0.493 e. The lowest BCUT2D eigenvalue weighted by Gasteiger charge is -2.10. The van der Waals surface area contributed by atoms with Crippen molar-refractivity contribution in [3.63, 3.8) is 0 Å². The molecule has 0 unspecified atom stereocenters.